The van der Waals surface area contributed by atoms with Crippen LogP contribution < -0.4 is 16.6 Å². The normalized spacial score (nSPS) is 11.8. The number of amidine groups is 1. The van der Waals surface area contributed by atoms with Crippen molar-refractivity contribution < 1.29 is 22.8 Å². The van der Waals surface area contributed by atoms with Crippen molar-refractivity contribution in [1.29, 1.82) is 0 Å². The van der Waals surface area contributed by atoms with Crippen molar-refractivity contribution >= 4 is 17.6 Å². The molecule has 3 aromatic rings. The van der Waals surface area contributed by atoms with Gasteiger partial charge in [0.2, 0.25) is 0 Å². The van der Waals surface area contributed by atoms with Gasteiger partial charge in [0.15, 0.2) is 5.84 Å². The molecule has 0 saturated heterocycles. The van der Waals surface area contributed by atoms with Crippen LogP contribution in [0.5, 0.6) is 0 Å². The molecule has 3 N–H and O–H groups in total. The maximum Gasteiger partial charge on any atom is 0.437 e. The summed E-state index contributed by atoms with van der Waals surface area (Å²) in [6.45, 7) is -0.0595. The van der Waals surface area contributed by atoms with E-state index in [0.717, 1.165) is 22.9 Å². The van der Waals surface area contributed by atoms with Crippen molar-refractivity contribution in [2.45, 2.75) is 12.7 Å². The highest BCUT2D eigenvalue weighted by Crippen LogP contribution is 2.28. The van der Waals surface area contributed by atoms with Crippen LogP contribution in [-0.2, 0) is 17.6 Å². The van der Waals surface area contributed by atoms with Gasteiger partial charge in [-0.25, -0.2) is 4.79 Å². The molecule has 31 heavy (non-hydrogen) atoms. The molecule has 2 aromatic carbocycles. The number of rotatable bonds is 5. The van der Waals surface area contributed by atoms with Crippen LogP contribution in [0.2, 0.25) is 0 Å². The second kappa shape index (κ2) is 9.16. The summed E-state index contributed by atoms with van der Waals surface area (Å²) in [5.41, 5.74) is 5.84. The Kier molecular flexibility index (Phi) is 6.39. The molecule has 0 aliphatic carbocycles. The minimum absolute atomic E-state index is 0.0595. The van der Waals surface area contributed by atoms with Crippen LogP contribution in [0.15, 0.2) is 82.9 Å². The van der Waals surface area contributed by atoms with Gasteiger partial charge in [-0.2, -0.15) is 13.2 Å². The average molecular weight is 430 g/mol. The lowest BCUT2D eigenvalue weighted by Gasteiger charge is -2.11. The fraction of sp³-hybridized carbons (Fsp3) is 0.0952. The van der Waals surface area contributed by atoms with Gasteiger partial charge in [0.05, 0.1) is 12.1 Å². The number of benzene rings is 2. The number of nitrogens with two attached hydrogens (primary N) is 1. The van der Waals surface area contributed by atoms with Crippen LogP contribution in [-0.4, -0.2) is 16.5 Å². The number of nitrogens with zero attached hydrogens (tertiary/aromatic N) is 2. The SMILES string of the molecule is NC(=NOC(=O)Nc1ccccc1)c1ccc(Cn2cc(C(F)(F)F)ccc2=O)cc1. The summed E-state index contributed by atoms with van der Waals surface area (Å²) in [5.74, 6) is -0.0778. The lowest BCUT2D eigenvalue weighted by molar-refractivity contribution is -0.138. The highest BCUT2D eigenvalue weighted by molar-refractivity contribution is 5.97. The van der Waals surface area contributed by atoms with E-state index >= 15 is 0 Å². The molecule has 7 nitrogen and oxygen atoms in total. The zero-order chi connectivity index (χ0) is 22.4. The predicted molar refractivity (Wildman–Crippen MR) is 109 cm³/mol. The molecule has 160 valence electrons. The molecule has 0 radical (unpaired) electrons. The van der Waals surface area contributed by atoms with Crippen LogP contribution in [0.25, 0.3) is 0 Å². The van der Waals surface area contributed by atoms with Crippen molar-refractivity contribution in [2.24, 2.45) is 10.9 Å². The maximum absolute atomic E-state index is 12.8. The van der Waals surface area contributed by atoms with Gasteiger partial charge in [0.1, 0.15) is 0 Å². The number of alkyl halides is 3. The number of para-hydroxylation sites is 1. The Morgan fingerprint density at radius 3 is 2.35 bits per heavy atom. The molecule has 10 heteroatoms. The smallest absolute Gasteiger partial charge is 0.380 e. The monoisotopic (exact) mass is 430 g/mol. The van der Waals surface area contributed by atoms with Crippen LogP contribution >= 0.6 is 0 Å². The van der Waals surface area contributed by atoms with Gasteiger partial charge in [0, 0.05) is 23.5 Å². The number of carbonyl (C=O) groups is 1. The summed E-state index contributed by atoms with van der Waals surface area (Å²) in [5, 5.41) is 6.03. The van der Waals surface area contributed by atoms with Gasteiger partial charge in [-0.3, -0.25) is 14.9 Å². The highest BCUT2D eigenvalue weighted by atomic mass is 19.4. The van der Waals surface area contributed by atoms with E-state index < -0.39 is 23.4 Å². The Bertz CT molecular complexity index is 1140. The number of aromatic nitrogens is 1. The number of pyridine rings is 1. The number of anilines is 1. The first-order valence-electron chi connectivity index (χ1n) is 8.96. The van der Waals surface area contributed by atoms with Gasteiger partial charge in [-0.05, 0) is 23.8 Å². The van der Waals surface area contributed by atoms with Gasteiger partial charge in [-0.15, -0.1) is 0 Å². The maximum atomic E-state index is 12.8. The Balaban J connectivity index is 1.65. The topological polar surface area (TPSA) is 98.7 Å². The quantitative estimate of drug-likeness (QED) is 0.279. The van der Waals surface area contributed by atoms with E-state index in [1.165, 1.54) is 0 Å². The fourth-order valence-electron chi connectivity index (χ4n) is 2.61. The van der Waals surface area contributed by atoms with Crippen molar-refractivity contribution in [1.82, 2.24) is 4.57 Å². The largest absolute Gasteiger partial charge is 0.437 e. The molecule has 0 spiro atoms. The van der Waals surface area contributed by atoms with Crippen LogP contribution in [0.4, 0.5) is 23.7 Å². The molecular weight excluding hydrogens is 413 g/mol. The molecule has 0 bridgehead atoms. The first kappa shape index (κ1) is 21.6. The Hall–Kier alpha value is -4.08. The number of hydrogen-bond acceptors (Lipinski definition) is 4. The van der Waals surface area contributed by atoms with E-state index in [4.69, 9.17) is 10.6 Å². The molecular formula is C21H17F3N4O3. The van der Waals surface area contributed by atoms with Crippen LogP contribution in [0.3, 0.4) is 0 Å². The molecule has 1 amide bonds. The summed E-state index contributed by atoms with van der Waals surface area (Å²) in [6.07, 6.45) is -4.60. The molecule has 0 atom stereocenters. The number of amides is 1. The number of hydrogen-bond donors (Lipinski definition) is 2. The first-order chi connectivity index (χ1) is 14.7. The van der Waals surface area contributed by atoms with E-state index in [0.29, 0.717) is 16.8 Å². The lowest BCUT2D eigenvalue weighted by Crippen LogP contribution is -2.22. The van der Waals surface area contributed by atoms with Gasteiger partial charge >= 0.3 is 12.3 Å². The molecule has 0 aliphatic heterocycles. The minimum atomic E-state index is -4.54. The minimum Gasteiger partial charge on any atom is -0.380 e. The Morgan fingerprint density at radius 1 is 1.03 bits per heavy atom. The summed E-state index contributed by atoms with van der Waals surface area (Å²) in [4.78, 5) is 28.3. The standard InChI is InChI=1S/C21H17F3N4O3/c22-21(23,24)16-10-11-18(29)28(13-16)12-14-6-8-15(9-7-14)19(25)27-31-20(30)26-17-4-2-1-3-5-17/h1-11,13H,12H2,(H2,25,27)(H,26,30). The van der Waals surface area contributed by atoms with Crippen molar-refractivity contribution in [3.63, 3.8) is 0 Å². The predicted octanol–water partition coefficient (Wildman–Crippen LogP) is 3.78. The molecule has 0 unspecified atom stereocenters. The number of carbonyl (C=O) groups excluding carboxylic acids is 1. The summed E-state index contributed by atoms with van der Waals surface area (Å²) in [6, 6.07) is 16.5. The molecule has 1 heterocycles. The third-order valence-electron chi connectivity index (χ3n) is 4.16. The van der Waals surface area contributed by atoms with Gasteiger partial charge < -0.3 is 10.3 Å². The number of halogens is 3. The van der Waals surface area contributed by atoms with E-state index in [9.17, 15) is 22.8 Å². The van der Waals surface area contributed by atoms with Crippen LogP contribution in [0.1, 0.15) is 16.7 Å². The summed E-state index contributed by atoms with van der Waals surface area (Å²) < 4.78 is 39.5. The van der Waals surface area contributed by atoms with E-state index in [-0.39, 0.29) is 12.4 Å². The third-order valence-corrected chi connectivity index (χ3v) is 4.16. The molecule has 1 aromatic heterocycles. The fourth-order valence-corrected chi connectivity index (χ4v) is 2.61. The Labute approximate surface area is 174 Å². The van der Waals surface area contributed by atoms with Gasteiger partial charge in [-0.1, -0.05) is 47.6 Å². The molecule has 3 rings (SSSR count). The lowest BCUT2D eigenvalue weighted by atomic mass is 10.1. The zero-order valence-electron chi connectivity index (χ0n) is 16.0. The Morgan fingerprint density at radius 2 is 1.71 bits per heavy atom. The van der Waals surface area contributed by atoms with Crippen molar-refractivity contribution in [2.75, 3.05) is 5.32 Å². The van der Waals surface area contributed by atoms with E-state index in [1.54, 1.807) is 54.6 Å². The third kappa shape index (κ3) is 5.95. The number of nitrogens with one attached hydrogen (secondary N) is 1. The molecule has 0 fully saturated rings. The second-order valence-electron chi connectivity index (χ2n) is 6.42. The average Bonchev–Trinajstić information content (AvgIpc) is 2.74. The first-order valence-corrected chi connectivity index (χ1v) is 8.96. The molecule has 0 aliphatic rings. The van der Waals surface area contributed by atoms with E-state index in [2.05, 4.69) is 10.5 Å². The summed E-state index contributed by atoms with van der Waals surface area (Å²) in [7, 11) is 0. The second-order valence-corrected chi connectivity index (χ2v) is 6.42. The van der Waals surface area contributed by atoms with Crippen molar-refractivity contribution in [3.05, 3.63) is 100.0 Å². The van der Waals surface area contributed by atoms with Crippen LogP contribution in [0, 0.1) is 0 Å². The zero-order valence-corrected chi connectivity index (χ0v) is 16.0. The van der Waals surface area contributed by atoms with E-state index in [1.807, 2.05) is 0 Å². The summed E-state index contributed by atoms with van der Waals surface area (Å²) >= 11 is 0. The van der Waals surface area contributed by atoms with Gasteiger partial charge in [0.25, 0.3) is 5.56 Å². The number of oxime groups is 1. The molecule has 0 saturated carbocycles. The van der Waals surface area contributed by atoms with Crippen molar-refractivity contribution in [3.8, 4) is 0 Å². The highest BCUT2D eigenvalue weighted by Gasteiger charge is 2.31.